The Bertz CT molecular complexity index is 831. The van der Waals surface area contributed by atoms with Crippen LogP contribution in [0, 0.1) is 6.92 Å². The van der Waals surface area contributed by atoms with Crippen LogP contribution in [0.5, 0.6) is 0 Å². The maximum Gasteiger partial charge on any atom is 0.143 e. The standard InChI is InChI=1S/C20H24N6/c1-15-9-10-18(26-14-23-24-25-26)12-17(15)13-22-19-8-5-11-21-20(19)16-6-3-2-4-7-16/h2-4,6-7,9-10,12,14,19-22H,5,8,11,13H2,1H3/t19-,20-/m0/s1. The van der Waals surface area contributed by atoms with Gasteiger partial charge in [0.25, 0.3) is 0 Å². The second kappa shape index (κ2) is 7.76. The lowest BCUT2D eigenvalue weighted by Gasteiger charge is -2.34. The molecule has 4 rings (SSSR count). The lowest BCUT2D eigenvalue weighted by atomic mass is 9.92. The van der Waals surface area contributed by atoms with Crippen LogP contribution in [-0.4, -0.2) is 32.8 Å². The molecule has 26 heavy (non-hydrogen) atoms. The Morgan fingerprint density at radius 2 is 2.08 bits per heavy atom. The molecular weight excluding hydrogens is 324 g/mol. The highest BCUT2D eigenvalue weighted by Gasteiger charge is 2.25. The third kappa shape index (κ3) is 3.66. The van der Waals surface area contributed by atoms with Gasteiger partial charge in [0.05, 0.1) is 5.69 Å². The van der Waals surface area contributed by atoms with Gasteiger partial charge in [-0.15, -0.1) is 5.10 Å². The van der Waals surface area contributed by atoms with Crippen molar-refractivity contribution in [1.29, 1.82) is 0 Å². The number of tetrazole rings is 1. The number of hydrogen-bond acceptors (Lipinski definition) is 5. The van der Waals surface area contributed by atoms with E-state index in [1.807, 2.05) is 6.07 Å². The van der Waals surface area contributed by atoms with Gasteiger partial charge in [-0.1, -0.05) is 36.4 Å². The van der Waals surface area contributed by atoms with E-state index in [0.29, 0.717) is 12.1 Å². The van der Waals surface area contributed by atoms with Crippen LogP contribution in [0.3, 0.4) is 0 Å². The molecule has 1 aromatic heterocycles. The molecule has 2 heterocycles. The highest BCUT2D eigenvalue weighted by Crippen LogP contribution is 2.24. The van der Waals surface area contributed by atoms with Crippen LogP contribution >= 0.6 is 0 Å². The zero-order chi connectivity index (χ0) is 17.8. The summed E-state index contributed by atoms with van der Waals surface area (Å²) < 4.78 is 1.69. The van der Waals surface area contributed by atoms with E-state index in [9.17, 15) is 0 Å². The lowest BCUT2D eigenvalue weighted by Crippen LogP contribution is -2.45. The van der Waals surface area contributed by atoms with Crippen molar-refractivity contribution in [2.24, 2.45) is 0 Å². The summed E-state index contributed by atoms with van der Waals surface area (Å²) >= 11 is 0. The summed E-state index contributed by atoms with van der Waals surface area (Å²) in [6, 6.07) is 17.8. The van der Waals surface area contributed by atoms with Gasteiger partial charge in [0.2, 0.25) is 0 Å². The minimum Gasteiger partial charge on any atom is -0.309 e. The maximum absolute atomic E-state index is 3.98. The largest absolute Gasteiger partial charge is 0.309 e. The summed E-state index contributed by atoms with van der Waals surface area (Å²) in [4.78, 5) is 0. The van der Waals surface area contributed by atoms with Crippen molar-refractivity contribution in [2.75, 3.05) is 6.54 Å². The first-order valence-corrected chi connectivity index (χ1v) is 9.16. The zero-order valence-electron chi connectivity index (χ0n) is 15.0. The molecule has 0 bridgehead atoms. The van der Waals surface area contributed by atoms with E-state index in [1.54, 1.807) is 11.0 Å². The Labute approximate surface area is 153 Å². The van der Waals surface area contributed by atoms with Gasteiger partial charge < -0.3 is 10.6 Å². The molecule has 6 heteroatoms. The molecule has 134 valence electrons. The van der Waals surface area contributed by atoms with Gasteiger partial charge in [-0.2, -0.15) is 0 Å². The maximum atomic E-state index is 3.98. The average Bonchev–Trinajstić information content (AvgIpc) is 3.23. The minimum absolute atomic E-state index is 0.355. The molecule has 1 aliphatic rings. The Morgan fingerprint density at radius 1 is 1.19 bits per heavy atom. The third-order valence-corrected chi connectivity index (χ3v) is 5.12. The zero-order valence-corrected chi connectivity index (χ0v) is 15.0. The van der Waals surface area contributed by atoms with E-state index in [0.717, 1.165) is 18.8 Å². The molecule has 2 N–H and O–H groups in total. The first-order chi connectivity index (χ1) is 12.8. The van der Waals surface area contributed by atoms with Crippen molar-refractivity contribution in [2.45, 2.75) is 38.4 Å². The van der Waals surface area contributed by atoms with E-state index in [-0.39, 0.29) is 0 Å². The van der Waals surface area contributed by atoms with Gasteiger partial charge in [0, 0.05) is 18.6 Å². The quantitative estimate of drug-likeness (QED) is 0.742. The van der Waals surface area contributed by atoms with E-state index in [2.05, 4.69) is 75.5 Å². The Hall–Kier alpha value is -2.57. The van der Waals surface area contributed by atoms with Crippen molar-refractivity contribution in [1.82, 2.24) is 30.8 Å². The highest BCUT2D eigenvalue weighted by atomic mass is 15.5. The number of piperidine rings is 1. The normalized spacial score (nSPS) is 20.2. The molecule has 6 nitrogen and oxygen atoms in total. The van der Waals surface area contributed by atoms with Crippen molar-refractivity contribution < 1.29 is 0 Å². The molecule has 0 radical (unpaired) electrons. The number of nitrogens with zero attached hydrogens (tertiary/aromatic N) is 4. The number of nitrogens with one attached hydrogen (secondary N) is 2. The van der Waals surface area contributed by atoms with Crippen LogP contribution in [0.15, 0.2) is 54.9 Å². The molecule has 0 saturated carbocycles. The molecule has 0 amide bonds. The van der Waals surface area contributed by atoms with Gasteiger partial charge in [-0.25, -0.2) is 4.68 Å². The van der Waals surface area contributed by atoms with Crippen LogP contribution in [0.2, 0.25) is 0 Å². The smallest absolute Gasteiger partial charge is 0.143 e. The van der Waals surface area contributed by atoms with E-state index in [4.69, 9.17) is 0 Å². The van der Waals surface area contributed by atoms with Crippen molar-refractivity contribution in [3.63, 3.8) is 0 Å². The molecule has 0 spiro atoms. The SMILES string of the molecule is Cc1ccc(-n2cnnn2)cc1CN[C@H]1CCCN[C@H]1c1ccccc1. The molecule has 0 unspecified atom stereocenters. The van der Waals surface area contributed by atoms with Crippen molar-refractivity contribution in [3.05, 3.63) is 71.5 Å². The Morgan fingerprint density at radius 3 is 2.88 bits per heavy atom. The molecule has 2 atom stereocenters. The predicted molar refractivity (Wildman–Crippen MR) is 101 cm³/mol. The number of aryl methyl sites for hydroxylation is 1. The molecular formula is C20H24N6. The van der Waals surface area contributed by atoms with Crippen LogP contribution < -0.4 is 10.6 Å². The topological polar surface area (TPSA) is 67.7 Å². The molecule has 1 fully saturated rings. The summed E-state index contributed by atoms with van der Waals surface area (Å²) in [6.45, 7) is 4.05. The van der Waals surface area contributed by atoms with E-state index >= 15 is 0 Å². The second-order valence-corrected chi connectivity index (χ2v) is 6.84. The Kier molecular flexibility index (Phi) is 5.04. The fourth-order valence-electron chi connectivity index (χ4n) is 3.63. The number of rotatable bonds is 5. The summed E-state index contributed by atoms with van der Waals surface area (Å²) in [5, 5.41) is 18.9. The third-order valence-electron chi connectivity index (χ3n) is 5.12. The summed E-state index contributed by atoms with van der Waals surface area (Å²) in [5.41, 5.74) is 4.88. The Balaban J connectivity index is 1.50. The summed E-state index contributed by atoms with van der Waals surface area (Å²) in [5.74, 6) is 0. The van der Waals surface area contributed by atoms with Crippen LogP contribution in [0.1, 0.15) is 35.6 Å². The molecule has 1 aliphatic heterocycles. The van der Waals surface area contributed by atoms with Crippen LogP contribution in [-0.2, 0) is 6.54 Å². The highest BCUT2D eigenvalue weighted by molar-refractivity contribution is 5.39. The molecule has 2 aromatic carbocycles. The summed E-state index contributed by atoms with van der Waals surface area (Å²) in [6.07, 6.45) is 4.00. The summed E-state index contributed by atoms with van der Waals surface area (Å²) in [7, 11) is 0. The number of benzene rings is 2. The number of aromatic nitrogens is 4. The monoisotopic (exact) mass is 348 g/mol. The average molecular weight is 348 g/mol. The van der Waals surface area contributed by atoms with E-state index in [1.165, 1.54) is 29.5 Å². The minimum atomic E-state index is 0.355. The van der Waals surface area contributed by atoms with Gasteiger partial charge in [-0.05, 0) is 65.6 Å². The van der Waals surface area contributed by atoms with Crippen LogP contribution in [0.4, 0.5) is 0 Å². The molecule has 1 saturated heterocycles. The van der Waals surface area contributed by atoms with Gasteiger partial charge in [0.1, 0.15) is 6.33 Å². The molecule has 0 aliphatic carbocycles. The fraction of sp³-hybridized carbons (Fsp3) is 0.350. The van der Waals surface area contributed by atoms with Crippen molar-refractivity contribution >= 4 is 0 Å². The van der Waals surface area contributed by atoms with Crippen molar-refractivity contribution in [3.8, 4) is 5.69 Å². The van der Waals surface area contributed by atoms with Gasteiger partial charge >= 0.3 is 0 Å². The predicted octanol–water partition coefficient (Wildman–Crippen LogP) is 2.55. The lowest BCUT2D eigenvalue weighted by molar-refractivity contribution is 0.304. The number of hydrogen-bond donors (Lipinski definition) is 2. The second-order valence-electron chi connectivity index (χ2n) is 6.84. The van der Waals surface area contributed by atoms with Gasteiger partial charge in [-0.3, -0.25) is 0 Å². The first-order valence-electron chi connectivity index (χ1n) is 9.16. The van der Waals surface area contributed by atoms with Gasteiger partial charge in [0.15, 0.2) is 0 Å². The van der Waals surface area contributed by atoms with E-state index < -0.39 is 0 Å². The van der Waals surface area contributed by atoms with Crippen LogP contribution in [0.25, 0.3) is 5.69 Å². The fourth-order valence-corrected chi connectivity index (χ4v) is 3.63. The molecule has 3 aromatic rings. The first kappa shape index (κ1) is 16.9.